The van der Waals surface area contributed by atoms with Gasteiger partial charge in [-0.05, 0) is 67.9 Å². The fourth-order valence-corrected chi connectivity index (χ4v) is 8.59. The fourth-order valence-electron chi connectivity index (χ4n) is 8.33. The van der Waals surface area contributed by atoms with Gasteiger partial charge in [-0.15, -0.1) is 0 Å². The van der Waals surface area contributed by atoms with Crippen molar-refractivity contribution in [1.29, 1.82) is 0 Å². The highest BCUT2D eigenvalue weighted by atomic mass is 79.9. The summed E-state index contributed by atoms with van der Waals surface area (Å²) >= 11 is 3.32. The molecule has 4 amide bonds. The van der Waals surface area contributed by atoms with Crippen LogP contribution in [0.2, 0.25) is 0 Å². The highest BCUT2D eigenvalue weighted by molar-refractivity contribution is 9.10. The molecule has 4 fully saturated rings. The summed E-state index contributed by atoms with van der Waals surface area (Å²) in [5.74, 6) is -3.34. The summed E-state index contributed by atoms with van der Waals surface area (Å²) in [6.07, 6.45) is 10.7. The van der Waals surface area contributed by atoms with Gasteiger partial charge in [0.2, 0.25) is 23.6 Å². The van der Waals surface area contributed by atoms with E-state index in [0.717, 1.165) is 22.2 Å². The molecule has 42 heavy (non-hydrogen) atoms. The number of Topliss-reactive ketones (excluding diaryl/α,β-unsaturated/α-hetero) is 1. The lowest BCUT2D eigenvalue weighted by Crippen LogP contribution is -2.47. The zero-order valence-corrected chi connectivity index (χ0v) is 24.5. The molecule has 0 spiro atoms. The number of hydrogen-bond acceptors (Lipinski definition) is 7. The van der Waals surface area contributed by atoms with Crippen LogP contribution in [-0.2, 0) is 28.7 Å². The molecule has 2 aliphatic heterocycles. The van der Waals surface area contributed by atoms with Crippen molar-refractivity contribution in [1.82, 2.24) is 9.80 Å². The number of halogens is 1. The molecule has 0 unspecified atom stereocenters. The molecule has 2 saturated heterocycles. The van der Waals surface area contributed by atoms with Gasteiger partial charge in [-0.25, -0.2) is 4.79 Å². The van der Waals surface area contributed by atoms with Gasteiger partial charge in [0, 0.05) is 16.6 Å². The molecule has 4 bridgehead atoms. The standard InChI is InChI=1S/C32H31BrN2O7/c33-21-10-8-16(9-11-21)23(36)15-42-32(41)22(35-30(39)26-19-6-7-20(14-19)27(26)31(35)40)3-1-2-12-34-28(37)24-17-4-5-18(13-17)25(24)29(34)38/h4-11,17-20,22,24-27H,1-3,12-15H2/t17-,18-,19-,20-,22-,24-,25+,26-,27-/m0/s1. The highest BCUT2D eigenvalue weighted by Gasteiger charge is 2.61. The Bertz CT molecular complexity index is 1390. The second-order valence-electron chi connectivity index (χ2n) is 12.4. The van der Waals surface area contributed by atoms with Gasteiger partial charge in [0.1, 0.15) is 6.04 Å². The predicted molar refractivity (Wildman–Crippen MR) is 151 cm³/mol. The molecule has 1 aromatic rings. The Morgan fingerprint density at radius 3 is 1.79 bits per heavy atom. The lowest BCUT2D eigenvalue weighted by Gasteiger charge is -2.26. The van der Waals surface area contributed by atoms with Crippen LogP contribution in [0.1, 0.15) is 42.5 Å². The van der Waals surface area contributed by atoms with Crippen molar-refractivity contribution in [2.75, 3.05) is 13.2 Å². The van der Waals surface area contributed by atoms with E-state index in [1.807, 2.05) is 12.2 Å². The number of unbranched alkanes of at least 4 members (excludes halogenated alkanes) is 1. The van der Waals surface area contributed by atoms with Crippen molar-refractivity contribution < 1.29 is 33.5 Å². The Kier molecular flexibility index (Phi) is 6.79. The Morgan fingerprint density at radius 2 is 1.26 bits per heavy atom. The number of nitrogens with zero attached hydrogens (tertiary/aromatic N) is 2. The summed E-state index contributed by atoms with van der Waals surface area (Å²) < 4.78 is 6.22. The molecular formula is C32H31BrN2O7. The van der Waals surface area contributed by atoms with Crippen LogP contribution in [0.3, 0.4) is 0 Å². The molecule has 2 heterocycles. The number of allylic oxidation sites excluding steroid dienone is 4. The second-order valence-corrected chi connectivity index (χ2v) is 13.3. The Balaban J connectivity index is 1.02. The van der Waals surface area contributed by atoms with Crippen LogP contribution in [-0.4, -0.2) is 64.4 Å². The first kappa shape index (κ1) is 27.4. The third-order valence-corrected chi connectivity index (χ3v) is 10.8. The molecule has 0 radical (unpaired) electrons. The SMILES string of the molecule is O=C(COC(=O)[C@H](CCCCN1C(=O)[C@@H]2[C@H](C1=O)[C@H]1C=C[C@H]2C1)N1C(=O)[C@@H]2[C@@H](C1=O)[C@H]1C=C[C@H]2C1)c1ccc(Br)cc1. The number of benzene rings is 1. The van der Waals surface area contributed by atoms with Gasteiger partial charge in [0.05, 0.1) is 23.7 Å². The van der Waals surface area contributed by atoms with Gasteiger partial charge in [0.25, 0.3) is 0 Å². The van der Waals surface area contributed by atoms with E-state index in [4.69, 9.17) is 4.74 Å². The lowest BCUT2D eigenvalue weighted by atomic mass is 9.85. The summed E-state index contributed by atoms with van der Waals surface area (Å²) in [4.78, 5) is 81.6. The van der Waals surface area contributed by atoms with E-state index < -0.39 is 36.2 Å². The number of fused-ring (bicyclic) bond motifs is 10. The maximum absolute atomic E-state index is 13.5. The molecule has 218 valence electrons. The fraction of sp³-hybridized carbons (Fsp3) is 0.500. The maximum Gasteiger partial charge on any atom is 0.329 e. The van der Waals surface area contributed by atoms with Crippen LogP contribution >= 0.6 is 15.9 Å². The number of likely N-dealkylation sites (tertiary alicyclic amines) is 2. The minimum absolute atomic E-state index is 0.00599. The third-order valence-electron chi connectivity index (χ3n) is 10.3. The quantitative estimate of drug-likeness (QED) is 0.127. The topological polar surface area (TPSA) is 118 Å². The lowest BCUT2D eigenvalue weighted by molar-refractivity contribution is -0.159. The molecular weight excluding hydrogens is 604 g/mol. The van der Waals surface area contributed by atoms with Gasteiger partial charge >= 0.3 is 5.97 Å². The molecule has 6 aliphatic rings. The first-order chi connectivity index (χ1) is 20.2. The van der Waals surface area contributed by atoms with Crippen molar-refractivity contribution in [2.45, 2.75) is 38.1 Å². The summed E-state index contributed by atoms with van der Waals surface area (Å²) in [5, 5.41) is 0. The van der Waals surface area contributed by atoms with Crippen molar-refractivity contribution in [3.8, 4) is 0 Å². The van der Waals surface area contributed by atoms with E-state index in [9.17, 15) is 28.8 Å². The zero-order chi connectivity index (χ0) is 29.3. The van der Waals surface area contributed by atoms with Crippen molar-refractivity contribution in [3.05, 3.63) is 58.6 Å². The summed E-state index contributed by atoms with van der Waals surface area (Å²) in [6, 6.07) is 5.49. The zero-order valence-electron chi connectivity index (χ0n) is 22.9. The van der Waals surface area contributed by atoms with Gasteiger partial charge < -0.3 is 4.74 Å². The number of amides is 4. The van der Waals surface area contributed by atoms with Crippen LogP contribution in [0, 0.1) is 47.3 Å². The molecule has 0 aromatic heterocycles. The first-order valence-electron chi connectivity index (χ1n) is 14.8. The van der Waals surface area contributed by atoms with Crippen LogP contribution in [0.5, 0.6) is 0 Å². The van der Waals surface area contributed by atoms with E-state index in [0.29, 0.717) is 18.4 Å². The smallest absolute Gasteiger partial charge is 0.329 e. The van der Waals surface area contributed by atoms with Crippen LogP contribution in [0.15, 0.2) is 53.0 Å². The molecule has 7 rings (SSSR count). The Morgan fingerprint density at radius 1 is 0.762 bits per heavy atom. The summed E-state index contributed by atoms with van der Waals surface area (Å²) in [6.45, 7) is -0.280. The van der Waals surface area contributed by atoms with Gasteiger partial charge in [0.15, 0.2) is 12.4 Å². The normalized spacial score (nSPS) is 34.1. The minimum Gasteiger partial charge on any atom is -0.456 e. The molecule has 9 nitrogen and oxygen atoms in total. The summed E-state index contributed by atoms with van der Waals surface area (Å²) in [7, 11) is 0. The largest absolute Gasteiger partial charge is 0.456 e. The van der Waals surface area contributed by atoms with E-state index >= 15 is 0 Å². The van der Waals surface area contributed by atoms with E-state index in [2.05, 4.69) is 28.1 Å². The Hall–Kier alpha value is -3.40. The van der Waals surface area contributed by atoms with Gasteiger partial charge in [-0.1, -0.05) is 52.4 Å². The number of ether oxygens (including phenoxy) is 1. The monoisotopic (exact) mass is 634 g/mol. The Labute approximate surface area is 251 Å². The number of hydrogen-bond donors (Lipinski definition) is 0. The van der Waals surface area contributed by atoms with Crippen molar-refractivity contribution in [2.24, 2.45) is 47.3 Å². The molecule has 2 saturated carbocycles. The predicted octanol–water partition coefficient (Wildman–Crippen LogP) is 3.33. The van der Waals surface area contributed by atoms with Crippen molar-refractivity contribution >= 4 is 51.3 Å². The van der Waals surface area contributed by atoms with Crippen LogP contribution in [0.25, 0.3) is 0 Å². The number of carbonyl (C=O) groups is 6. The molecule has 0 N–H and O–H groups in total. The number of rotatable bonds is 10. The van der Waals surface area contributed by atoms with E-state index in [-0.39, 0.29) is 72.1 Å². The van der Waals surface area contributed by atoms with E-state index in [1.54, 1.807) is 24.3 Å². The average Bonchev–Trinajstić information content (AvgIpc) is 3.83. The molecule has 1 aromatic carbocycles. The third kappa shape index (κ3) is 4.24. The van der Waals surface area contributed by atoms with Crippen LogP contribution in [0.4, 0.5) is 0 Å². The van der Waals surface area contributed by atoms with Gasteiger partial charge in [-0.3, -0.25) is 33.8 Å². The van der Waals surface area contributed by atoms with Crippen LogP contribution < -0.4 is 0 Å². The minimum atomic E-state index is -1.17. The maximum atomic E-state index is 13.5. The average molecular weight is 636 g/mol. The van der Waals surface area contributed by atoms with Crippen molar-refractivity contribution in [3.63, 3.8) is 0 Å². The summed E-state index contributed by atoms with van der Waals surface area (Å²) in [5.41, 5.74) is 0.376. The highest BCUT2D eigenvalue weighted by Crippen LogP contribution is 2.54. The first-order valence-corrected chi connectivity index (χ1v) is 15.6. The number of esters is 1. The van der Waals surface area contributed by atoms with Gasteiger partial charge in [-0.2, -0.15) is 0 Å². The molecule has 10 heteroatoms. The number of carbonyl (C=O) groups excluding carboxylic acids is 6. The second kappa shape index (κ2) is 10.4. The number of ketones is 1. The number of imide groups is 2. The molecule has 4 aliphatic carbocycles. The van der Waals surface area contributed by atoms with E-state index in [1.165, 1.54) is 4.90 Å². The molecule has 9 atom stereocenters.